The second-order valence-electron chi connectivity index (χ2n) is 9.24. The van der Waals surface area contributed by atoms with E-state index in [-0.39, 0.29) is 0 Å². The number of nitrogens with zero attached hydrogens (tertiary/aromatic N) is 5. The zero-order valence-electron chi connectivity index (χ0n) is 18.3. The Bertz CT molecular complexity index is 657. The van der Waals surface area contributed by atoms with E-state index < -0.39 is 0 Å². The predicted molar refractivity (Wildman–Crippen MR) is 117 cm³/mol. The van der Waals surface area contributed by atoms with Crippen LogP contribution in [0.1, 0.15) is 57.8 Å². The number of anilines is 1. The summed E-state index contributed by atoms with van der Waals surface area (Å²) < 4.78 is 5.90. The lowest BCUT2D eigenvalue weighted by Crippen LogP contribution is -2.47. The summed E-state index contributed by atoms with van der Waals surface area (Å²) in [5, 5.41) is 0. The van der Waals surface area contributed by atoms with Crippen LogP contribution < -0.4 is 4.90 Å². The van der Waals surface area contributed by atoms with Crippen molar-refractivity contribution in [3.63, 3.8) is 0 Å². The van der Waals surface area contributed by atoms with Gasteiger partial charge in [-0.15, -0.1) is 0 Å². The van der Waals surface area contributed by atoms with Crippen LogP contribution in [-0.4, -0.2) is 78.3 Å². The van der Waals surface area contributed by atoms with Crippen molar-refractivity contribution in [3.8, 4) is 0 Å². The summed E-state index contributed by atoms with van der Waals surface area (Å²) in [6.45, 7) is 7.25. The number of hydrogen-bond acceptors (Lipinski definition) is 6. The molecule has 0 radical (unpaired) electrons. The fourth-order valence-corrected chi connectivity index (χ4v) is 5.27. The highest BCUT2D eigenvalue weighted by molar-refractivity contribution is 5.76. The molecule has 0 unspecified atom stereocenters. The van der Waals surface area contributed by atoms with Gasteiger partial charge in [-0.3, -0.25) is 9.69 Å². The van der Waals surface area contributed by atoms with E-state index in [0.29, 0.717) is 24.5 Å². The third-order valence-corrected chi connectivity index (χ3v) is 7.27. The summed E-state index contributed by atoms with van der Waals surface area (Å²) >= 11 is 0. The number of carbonyl (C=O) groups is 1. The van der Waals surface area contributed by atoms with Gasteiger partial charge in [0.2, 0.25) is 11.9 Å². The van der Waals surface area contributed by atoms with Crippen LogP contribution in [-0.2, 0) is 9.53 Å². The smallest absolute Gasteiger partial charge is 0.225 e. The molecule has 2 saturated heterocycles. The van der Waals surface area contributed by atoms with Gasteiger partial charge in [0.1, 0.15) is 6.73 Å². The Kier molecular flexibility index (Phi) is 7.55. The van der Waals surface area contributed by atoms with Crippen molar-refractivity contribution in [3.05, 3.63) is 18.5 Å². The first-order valence-electron chi connectivity index (χ1n) is 11.8. The molecule has 3 aliphatic rings. The summed E-state index contributed by atoms with van der Waals surface area (Å²) in [6, 6.07) is 1.86. The minimum atomic E-state index is 0.291. The van der Waals surface area contributed by atoms with Gasteiger partial charge in [-0.2, -0.15) is 0 Å². The fraction of sp³-hybridized carbons (Fsp3) is 0.783. The van der Waals surface area contributed by atoms with Crippen LogP contribution in [0.15, 0.2) is 18.5 Å². The average Bonchev–Trinajstić information content (AvgIpc) is 3.28. The molecule has 0 aromatic carbocycles. The summed E-state index contributed by atoms with van der Waals surface area (Å²) in [6.07, 6.45) is 13.9. The first-order chi connectivity index (χ1) is 14.7. The van der Waals surface area contributed by atoms with Gasteiger partial charge in [-0.05, 0) is 56.6 Å². The second kappa shape index (κ2) is 10.5. The number of aromatic nitrogens is 2. The average molecular weight is 416 g/mol. The third-order valence-electron chi connectivity index (χ3n) is 7.27. The summed E-state index contributed by atoms with van der Waals surface area (Å²) in [5.41, 5.74) is 0.388. The Morgan fingerprint density at radius 3 is 2.43 bits per heavy atom. The maximum Gasteiger partial charge on any atom is 0.225 e. The van der Waals surface area contributed by atoms with Crippen molar-refractivity contribution < 1.29 is 9.53 Å². The molecule has 2 aliphatic heterocycles. The Morgan fingerprint density at radius 2 is 1.67 bits per heavy atom. The van der Waals surface area contributed by atoms with Crippen LogP contribution in [0.4, 0.5) is 5.95 Å². The van der Waals surface area contributed by atoms with Crippen molar-refractivity contribution >= 4 is 11.9 Å². The van der Waals surface area contributed by atoms with Crippen molar-refractivity contribution in [2.45, 2.75) is 57.8 Å². The molecule has 3 heterocycles. The van der Waals surface area contributed by atoms with Crippen molar-refractivity contribution in [2.75, 3.05) is 57.5 Å². The third kappa shape index (κ3) is 5.70. The van der Waals surface area contributed by atoms with Gasteiger partial charge in [0.25, 0.3) is 0 Å². The minimum Gasteiger partial charge on any atom is -0.361 e. The van der Waals surface area contributed by atoms with Gasteiger partial charge < -0.3 is 14.5 Å². The Balaban J connectivity index is 1.14. The largest absolute Gasteiger partial charge is 0.361 e. The second-order valence-corrected chi connectivity index (χ2v) is 9.24. The number of carbonyl (C=O) groups excluding carboxylic acids is 1. The molecule has 7 heteroatoms. The van der Waals surface area contributed by atoms with E-state index in [0.717, 1.165) is 77.5 Å². The first kappa shape index (κ1) is 21.5. The van der Waals surface area contributed by atoms with Crippen LogP contribution in [0, 0.1) is 5.41 Å². The van der Waals surface area contributed by atoms with Gasteiger partial charge >= 0.3 is 0 Å². The predicted octanol–water partition coefficient (Wildman–Crippen LogP) is 2.93. The Hall–Kier alpha value is -1.73. The van der Waals surface area contributed by atoms with Crippen molar-refractivity contribution in [1.82, 2.24) is 19.8 Å². The molecule has 166 valence electrons. The lowest BCUT2D eigenvalue weighted by Gasteiger charge is -2.34. The quantitative estimate of drug-likeness (QED) is 0.666. The molecule has 1 amide bonds. The zero-order valence-corrected chi connectivity index (χ0v) is 18.3. The van der Waals surface area contributed by atoms with E-state index in [1.165, 1.54) is 25.7 Å². The molecule has 1 aromatic heterocycles. The normalized spacial score (nSPS) is 23.4. The molecular weight excluding hydrogens is 378 g/mol. The molecule has 30 heavy (non-hydrogen) atoms. The SMILES string of the molecule is O=C1CCC2(CCCC2)CCOCN1CCCCN1CCN(c2ncccn2)CC1. The molecular formula is C23H37N5O2. The standard InChI is InChI=1S/C23H37N5O2/c29-21-6-9-23(7-1-2-8-23)10-19-30-20-28(21)14-4-3-13-26-15-17-27(18-16-26)22-24-11-5-12-25-22/h5,11-12H,1-4,6-10,13-20H2. The number of hydrogen-bond donors (Lipinski definition) is 0. The fourth-order valence-electron chi connectivity index (χ4n) is 5.27. The van der Waals surface area contributed by atoms with Gasteiger partial charge in [0.15, 0.2) is 0 Å². The molecule has 7 nitrogen and oxygen atoms in total. The molecule has 1 spiro atoms. The number of unbranched alkanes of at least 4 members (excludes halogenated alkanes) is 1. The van der Waals surface area contributed by atoms with Gasteiger partial charge in [0, 0.05) is 58.1 Å². The highest BCUT2D eigenvalue weighted by Gasteiger charge is 2.35. The minimum absolute atomic E-state index is 0.291. The lowest BCUT2D eigenvalue weighted by atomic mass is 9.78. The van der Waals surface area contributed by atoms with Crippen LogP contribution in [0.3, 0.4) is 0 Å². The van der Waals surface area contributed by atoms with Gasteiger partial charge in [0.05, 0.1) is 0 Å². The van der Waals surface area contributed by atoms with Crippen LogP contribution in [0.2, 0.25) is 0 Å². The molecule has 1 aromatic rings. The number of ether oxygens (including phenoxy) is 1. The summed E-state index contributed by atoms with van der Waals surface area (Å²) in [7, 11) is 0. The maximum atomic E-state index is 12.7. The number of piperazine rings is 1. The van der Waals surface area contributed by atoms with E-state index in [1.54, 1.807) is 12.4 Å². The molecule has 1 aliphatic carbocycles. The van der Waals surface area contributed by atoms with Crippen LogP contribution in [0.5, 0.6) is 0 Å². The molecule has 3 fully saturated rings. The van der Waals surface area contributed by atoms with E-state index in [1.807, 2.05) is 11.0 Å². The Labute approximate surface area is 180 Å². The van der Waals surface area contributed by atoms with E-state index >= 15 is 0 Å². The highest BCUT2D eigenvalue weighted by atomic mass is 16.5. The maximum absolute atomic E-state index is 12.7. The monoisotopic (exact) mass is 415 g/mol. The summed E-state index contributed by atoms with van der Waals surface area (Å²) in [4.78, 5) is 28.2. The van der Waals surface area contributed by atoms with Crippen molar-refractivity contribution in [1.29, 1.82) is 0 Å². The van der Waals surface area contributed by atoms with Gasteiger partial charge in [-0.25, -0.2) is 9.97 Å². The van der Waals surface area contributed by atoms with Crippen LogP contribution in [0.25, 0.3) is 0 Å². The van der Waals surface area contributed by atoms with E-state index in [4.69, 9.17) is 4.74 Å². The lowest BCUT2D eigenvalue weighted by molar-refractivity contribution is -0.136. The topological polar surface area (TPSA) is 61.8 Å². The zero-order chi connectivity index (χ0) is 20.7. The van der Waals surface area contributed by atoms with Crippen LogP contribution >= 0.6 is 0 Å². The van der Waals surface area contributed by atoms with Crippen molar-refractivity contribution in [2.24, 2.45) is 5.41 Å². The molecule has 4 rings (SSSR count). The molecule has 1 saturated carbocycles. The molecule has 0 bridgehead atoms. The number of amides is 1. The highest BCUT2D eigenvalue weighted by Crippen LogP contribution is 2.45. The number of rotatable bonds is 6. The summed E-state index contributed by atoms with van der Waals surface area (Å²) in [5.74, 6) is 1.13. The van der Waals surface area contributed by atoms with E-state index in [9.17, 15) is 4.79 Å². The first-order valence-corrected chi connectivity index (χ1v) is 11.8. The van der Waals surface area contributed by atoms with Gasteiger partial charge in [-0.1, -0.05) is 12.8 Å². The molecule has 0 N–H and O–H groups in total. The Morgan fingerprint density at radius 1 is 0.933 bits per heavy atom. The molecule has 0 atom stereocenters. The van der Waals surface area contributed by atoms with E-state index in [2.05, 4.69) is 19.8 Å².